The van der Waals surface area contributed by atoms with Crippen LogP contribution in [0.5, 0.6) is 0 Å². The van der Waals surface area contributed by atoms with E-state index in [1.807, 2.05) is 13.8 Å². The third kappa shape index (κ3) is 1.57. The summed E-state index contributed by atoms with van der Waals surface area (Å²) >= 11 is 0. The van der Waals surface area contributed by atoms with Gasteiger partial charge in [-0.3, -0.25) is 0 Å². The highest BCUT2D eigenvalue weighted by molar-refractivity contribution is 5.45. The summed E-state index contributed by atoms with van der Waals surface area (Å²) in [5, 5.41) is 12.7. The summed E-state index contributed by atoms with van der Waals surface area (Å²) in [4.78, 5) is 8.26. The number of hydrogen-bond donors (Lipinski definition) is 2. The van der Waals surface area contributed by atoms with Gasteiger partial charge in [-0.05, 0) is 26.7 Å². The minimum Gasteiger partial charge on any atom is -0.391 e. The normalized spacial score (nSPS) is 25.6. The van der Waals surface area contributed by atoms with Crippen molar-refractivity contribution in [3.63, 3.8) is 0 Å². The highest BCUT2D eigenvalue weighted by atomic mass is 16.3. The molecule has 76 valence electrons. The lowest BCUT2D eigenvalue weighted by atomic mass is 9.89. The number of rotatable bonds is 2. The Morgan fingerprint density at radius 3 is 2.71 bits per heavy atom. The molecule has 0 spiro atoms. The summed E-state index contributed by atoms with van der Waals surface area (Å²) < 4.78 is 0. The monoisotopic (exact) mass is 193 g/mol. The van der Waals surface area contributed by atoms with Gasteiger partial charge >= 0.3 is 0 Å². The standard InChI is InChI=1S/C10H15N3O/c1-6-7(2)11-5-12-10(6)13-8-3-4-9(8)14/h5,8-9,14H,3-4H2,1-2H3,(H,11,12,13)/t8-,9-/m1/s1. The minimum atomic E-state index is -0.218. The van der Waals surface area contributed by atoms with E-state index < -0.39 is 0 Å². The van der Waals surface area contributed by atoms with E-state index in [2.05, 4.69) is 15.3 Å². The summed E-state index contributed by atoms with van der Waals surface area (Å²) in [7, 11) is 0. The van der Waals surface area contributed by atoms with Crippen molar-refractivity contribution in [3.05, 3.63) is 17.6 Å². The lowest BCUT2D eigenvalue weighted by Crippen LogP contribution is -2.43. The van der Waals surface area contributed by atoms with Crippen molar-refractivity contribution in [3.8, 4) is 0 Å². The second kappa shape index (κ2) is 3.53. The molecule has 0 aromatic carbocycles. The molecule has 0 aliphatic heterocycles. The molecule has 4 nitrogen and oxygen atoms in total. The summed E-state index contributed by atoms with van der Waals surface area (Å²) in [6.45, 7) is 3.95. The number of anilines is 1. The zero-order valence-electron chi connectivity index (χ0n) is 8.49. The Labute approximate surface area is 83.4 Å². The Morgan fingerprint density at radius 1 is 1.36 bits per heavy atom. The molecule has 1 aliphatic carbocycles. The van der Waals surface area contributed by atoms with Gasteiger partial charge in [0, 0.05) is 11.3 Å². The molecule has 0 radical (unpaired) electrons. The number of aryl methyl sites for hydroxylation is 1. The van der Waals surface area contributed by atoms with E-state index in [-0.39, 0.29) is 12.1 Å². The van der Waals surface area contributed by atoms with E-state index in [4.69, 9.17) is 0 Å². The second-order valence-electron chi connectivity index (χ2n) is 3.83. The van der Waals surface area contributed by atoms with Crippen LogP contribution in [-0.4, -0.2) is 27.2 Å². The van der Waals surface area contributed by atoms with Crippen molar-refractivity contribution in [2.45, 2.75) is 38.8 Å². The lowest BCUT2D eigenvalue weighted by molar-refractivity contribution is 0.0784. The predicted molar refractivity (Wildman–Crippen MR) is 54.2 cm³/mol. The minimum absolute atomic E-state index is 0.169. The Hall–Kier alpha value is -1.16. The topological polar surface area (TPSA) is 58.0 Å². The fourth-order valence-electron chi connectivity index (χ4n) is 1.51. The summed E-state index contributed by atoms with van der Waals surface area (Å²) in [5.41, 5.74) is 2.04. The van der Waals surface area contributed by atoms with Crippen molar-refractivity contribution < 1.29 is 5.11 Å². The Kier molecular flexibility index (Phi) is 2.37. The van der Waals surface area contributed by atoms with Crippen LogP contribution >= 0.6 is 0 Å². The van der Waals surface area contributed by atoms with Crippen molar-refractivity contribution in [2.75, 3.05) is 5.32 Å². The van der Waals surface area contributed by atoms with Crippen LogP contribution < -0.4 is 5.32 Å². The smallest absolute Gasteiger partial charge is 0.132 e. The van der Waals surface area contributed by atoms with Gasteiger partial charge in [0.2, 0.25) is 0 Å². The van der Waals surface area contributed by atoms with Gasteiger partial charge in [0.05, 0.1) is 12.1 Å². The zero-order valence-corrected chi connectivity index (χ0v) is 8.49. The van der Waals surface area contributed by atoms with E-state index in [1.54, 1.807) is 6.33 Å². The van der Waals surface area contributed by atoms with E-state index >= 15 is 0 Å². The van der Waals surface area contributed by atoms with Crippen LogP contribution in [0.4, 0.5) is 5.82 Å². The van der Waals surface area contributed by atoms with Gasteiger partial charge in [-0.2, -0.15) is 0 Å². The molecular weight excluding hydrogens is 178 g/mol. The molecule has 0 amide bonds. The summed E-state index contributed by atoms with van der Waals surface area (Å²) in [5.74, 6) is 0.848. The summed E-state index contributed by atoms with van der Waals surface area (Å²) in [6, 6.07) is 0.169. The van der Waals surface area contributed by atoms with Crippen LogP contribution in [0.1, 0.15) is 24.1 Å². The molecule has 1 aliphatic rings. The molecule has 0 unspecified atom stereocenters. The molecule has 14 heavy (non-hydrogen) atoms. The van der Waals surface area contributed by atoms with Gasteiger partial charge in [0.25, 0.3) is 0 Å². The van der Waals surface area contributed by atoms with Crippen LogP contribution in [0.25, 0.3) is 0 Å². The van der Waals surface area contributed by atoms with E-state index in [0.717, 1.165) is 29.9 Å². The quantitative estimate of drug-likeness (QED) is 0.736. The highest BCUT2D eigenvalue weighted by Crippen LogP contribution is 2.24. The molecule has 2 N–H and O–H groups in total. The molecule has 2 atom stereocenters. The van der Waals surface area contributed by atoms with Gasteiger partial charge in [0.15, 0.2) is 0 Å². The first-order chi connectivity index (χ1) is 6.68. The molecule has 4 heteroatoms. The van der Waals surface area contributed by atoms with Gasteiger partial charge in [-0.25, -0.2) is 9.97 Å². The maximum Gasteiger partial charge on any atom is 0.132 e. The number of aliphatic hydroxyl groups excluding tert-OH is 1. The molecule has 0 saturated heterocycles. The van der Waals surface area contributed by atoms with E-state index in [1.165, 1.54) is 0 Å². The van der Waals surface area contributed by atoms with Crippen LogP contribution in [0.15, 0.2) is 6.33 Å². The lowest BCUT2D eigenvalue weighted by Gasteiger charge is -2.33. The van der Waals surface area contributed by atoms with Crippen LogP contribution in [0, 0.1) is 13.8 Å². The van der Waals surface area contributed by atoms with Crippen molar-refractivity contribution >= 4 is 5.82 Å². The molecule has 2 rings (SSSR count). The first-order valence-electron chi connectivity index (χ1n) is 4.91. The van der Waals surface area contributed by atoms with Crippen LogP contribution in [0.2, 0.25) is 0 Å². The molecule has 1 aromatic rings. The second-order valence-corrected chi connectivity index (χ2v) is 3.83. The fourth-order valence-corrected chi connectivity index (χ4v) is 1.51. The number of nitrogens with one attached hydrogen (secondary N) is 1. The SMILES string of the molecule is Cc1ncnc(N[C@@H]2CC[C@H]2O)c1C. The maximum atomic E-state index is 9.42. The predicted octanol–water partition coefficient (Wildman–Crippen LogP) is 1.03. The van der Waals surface area contributed by atoms with Gasteiger partial charge < -0.3 is 10.4 Å². The van der Waals surface area contributed by atoms with Crippen LogP contribution in [0.3, 0.4) is 0 Å². The van der Waals surface area contributed by atoms with Crippen molar-refractivity contribution in [1.82, 2.24) is 9.97 Å². The third-order valence-electron chi connectivity index (χ3n) is 2.90. The van der Waals surface area contributed by atoms with E-state index in [0.29, 0.717) is 0 Å². The molecule has 1 aromatic heterocycles. The molecule has 1 fully saturated rings. The Morgan fingerprint density at radius 2 is 2.14 bits per heavy atom. The number of nitrogens with zero attached hydrogens (tertiary/aromatic N) is 2. The van der Waals surface area contributed by atoms with Crippen molar-refractivity contribution in [1.29, 1.82) is 0 Å². The number of aliphatic hydroxyl groups is 1. The molecule has 1 heterocycles. The Bertz CT molecular complexity index is 340. The largest absolute Gasteiger partial charge is 0.391 e. The third-order valence-corrected chi connectivity index (χ3v) is 2.90. The van der Waals surface area contributed by atoms with Crippen molar-refractivity contribution in [2.24, 2.45) is 0 Å². The molecular formula is C10H15N3O. The Balaban J connectivity index is 2.12. The van der Waals surface area contributed by atoms with Gasteiger partial charge in [0.1, 0.15) is 12.1 Å². The van der Waals surface area contributed by atoms with Gasteiger partial charge in [-0.1, -0.05) is 0 Å². The average molecular weight is 193 g/mol. The summed E-state index contributed by atoms with van der Waals surface area (Å²) in [6.07, 6.45) is 3.24. The number of aromatic nitrogens is 2. The highest BCUT2D eigenvalue weighted by Gasteiger charge is 2.29. The fraction of sp³-hybridized carbons (Fsp3) is 0.600. The molecule has 1 saturated carbocycles. The molecule has 0 bridgehead atoms. The maximum absolute atomic E-state index is 9.42. The zero-order chi connectivity index (χ0) is 10.1. The number of hydrogen-bond acceptors (Lipinski definition) is 4. The first kappa shape index (κ1) is 9.40. The van der Waals surface area contributed by atoms with Gasteiger partial charge in [-0.15, -0.1) is 0 Å². The van der Waals surface area contributed by atoms with E-state index in [9.17, 15) is 5.11 Å². The first-order valence-corrected chi connectivity index (χ1v) is 4.91. The van der Waals surface area contributed by atoms with Crippen LogP contribution in [-0.2, 0) is 0 Å². The average Bonchev–Trinajstić information content (AvgIpc) is 2.18.